The van der Waals surface area contributed by atoms with Crippen molar-refractivity contribution in [1.29, 1.82) is 0 Å². The predicted molar refractivity (Wildman–Crippen MR) is 178 cm³/mol. The summed E-state index contributed by atoms with van der Waals surface area (Å²) in [5, 5.41) is 34.8. The Morgan fingerprint density at radius 3 is 2.04 bits per heavy atom. The van der Waals surface area contributed by atoms with Crippen molar-refractivity contribution in [2.24, 2.45) is 0 Å². The van der Waals surface area contributed by atoms with Gasteiger partial charge in [-0.05, 0) is 87.9 Å². The van der Waals surface area contributed by atoms with E-state index in [0.29, 0.717) is 27.9 Å². The van der Waals surface area contributed by atoms with Crippen LogP contribution < -0.4 is 40.0 Å². The first kappa shape index (κ1) is 39.6. The van der Waals surface area contributed by atoms with Crippen molar-refractivity contribution in [2.75, 3.05) is 0 Å². The minimum Gasteiger partial charge on any atom is -0.550 e. The van der Waals surface area contributed by atoms with E-state index >= 15 is 0 Å². The maximum Gasteiger partial charge on any atom is 1.00 e. The molecule has 1 amide bonds. The smallest absolute Gasteiger partial charge is 0.550 e. The number of carbonyl (C=O) groups is 3. The summed E-state index contributed by atoms with van der Waals surface area (Å²) in [5.74, 6) is -2.61. The van der Waals surface area contributed by atoms with Gasteiger partial charge < -0.3 is 34.7 Å². The molecule has 0 saturated carbocycles. The zero-order valence-corrected chi connectivity index (χ0v) is 30.6. The molecule has 4 rings (SSSR count). The molecule has 254 valence electrons. The molecule has 0 aliphatic heterocycles. The third kappa shape index (κ3) is 10.6. The molecule has 0 saturated heterocycles. The number of amides is 1. The van der Waals surface area contributed by atoms with Crippen LogP contribution in [-0.4, -0.2) is 50.9 Å². The van der Waals surface area contributed by atoms with Gasteiger partial charge in [0.1, 0.15) is 11.5 Å². The first-order valence-electron chi connectivity index (χ1n) is 16.1. The van der Waals surface area contributed by atoms with Crippen molar-refractivity contribution in [3.8, 4) is 22.3 Å². The molecule has 0 spiro atoms. The normalized spacial score (nSPS) is 12.3. The van der Waals surface area contributed by atoms with E-state index in [-0.39, 0.29) is 73.4 Å². The largest absolute Gasteiger partial charge is 1.00 e. The van der Waals surface area contributed by atoms with Crippen molar-refractivity contribution in [2.45, 2.75) is 84.3 Å². The molecule has 0 radical (unpaired) electrons. The number of aliphatic carboxylic acids is 1. The van der Waals surface area contributed by atoms with Gasteiger partial charge in [-0.3, -0.25) is 4.79 Å². The Hall–Kier alpha value is -3.80. The first-order chi connectivity index (χ1) is 22.8. The third-order valence-corrected chi connectivity index (χ3v) is 7.88. The van der Waals surface area contributed by atoms with E-state index in [0.717, 1.165) is 16.8 Å². The molecule has 2 atom stereocenters. The molecule has 3 N–H and O–H groups in total. The summed E-state index contributed by atoms with van der Waals surface area (Å²) in [6.45, 7) is 7.61. The molecular weight excluding hydrogens is 638 g/mol. The van der Waals surface area contributed by atoms with Gasteiger partial charge in [0.15, 0.2) is 0 Å². The van der Waals surface area contributed by atoms with E-state index in [2.05, 4.69) is 5.32 Å². The van der Waals surface area contributed by atoms with Crippen molar-refractivity contribution in [3.05, 3.63) is 107 Å². The topological polar surface area (TPSA) is 141 Å². The summed E-state index contributed by atoms with van der Waals surface area (Å²) in [5.41, 5.74) is 5.07. The first-order valence-corrected chi connectivity index (χ1v) is 16.1. The Morgan fingerprint density at radius 2 is 1.47 bits per heavy atom. The zero-order valence-electron chi connectivity index (χ0n) is 28.6. The van der Waals surface area contributed by atoms with Crippen LogP contribution in [-0.2, 0) is 22.5 Å². The summed E-state index contributed by atoms with van der Waals surface area (Å²) >= 11 is 0. The fraction of sp³-hybridized carbons (Fsp3) is 0.342. The van der Waals surface area contributed by atoms with Crippen LogP contribution in [0.4, 0.5) is 4.39 Å². The number of aromatic nitrogens is 1. The second kappa shape index (κ2) is 18.3. The SMILES string of the molecule is CC(C)OC(=O)c1ccc(CNC(=O)c2c(-c3ccccc3)c(-c3ccc(F)cc3)c(CC[C@@H](O)C[C@@H](O)CC(=O)[O-])n2C(C)C)cc1.[Na+]. The summed E-state index contributed by atoms with van der Waals surface area (Å²) in [6.07, 6.45) is -2.87. The van der Waals surface area contributed by atoms with E-state index in [4.69, 9.17) is 4.74 Å². The van der Waals surface area contributed by atoms with Crippen LogP contribution in [0.5, 0.6) is 0 Å². The van der Waals surface area contributed by atoms with Crippen LogP contribution in [0.15, 0.2) is 78.9 Å². The van der Waals surface area contributed by atoms with Crippen molar-refractivity contribution in [1.82, 2.24) is 9.88 Å². The van der Waals surface area contributed by atoms with Crippen LogP contribution in [0.25, 0.3) is 22.3 Å². The summed E-state index contributed by atoms with van der Waals surface area (Å²) in [7, 11) is 0. The molecule has 1 aromatic heterocycles. The number of rotatable bonds is 15. The number of esters is 1. The standard InChI is InChI=1S/C38H43FN2O7.Na/c1-23(2)41-32(19-18-30(42)20-31(43)21-33(44)45)34(27-14-16-29(39)17-15-27)35(26-8-6-5-7-9-26)36(41)37(46)40-22-25-10-12-28(13-11-25)38(47)48-24(3)4;/h5-17,23-24,30-31,42-43H,18-22H2,1-4H3,(H,40,46)(H,44,45);/q;+1/p-1/t30-,31-;/m1./s1. The monoisotopic (exact) mass is 680 g/mol. The van der Waals surface area contributed by atoms with Crippen LogP contribution in [0.1, 0.15) is 85.1 Å². The number of hydrogen-bond acceptors (Lipinski definition) is 7. The number of nitrogens with zero attached hydrogens (tertiary/aromatic N) is 1. The minimum atomic E-state index is -1.41. The summed E-state index contributed by atoms with van der Waals surface area (Å²) < 4.78 is 21.3. The summed E-state index contributed by atoms with van der Waals surface area (Å²) in [6, 6.07) is 22.0. The molecule has 1 heterocycles. The zero-order chi connectivity index (χ0) is 35.0. The van der Waals surface area contributed by atoms with E-state index < -0.39 is 36.4 Å². The number of carbonyl (C=O) groups excluding carboxylic acids is 3. The Kier molecular flexibility index (Phi) is 14.8. The number of aliphatic hydroxyl groups excluding tert-OH is 2. The van der Waals surface area contributed by atoms with Crippen molar-refractivity contribution in [3.63, 3.8) is 0 Å². The molecule has 0 aliphatic carbocycles. The maximum absolute atomic E-state index is 14.3. The van der Waals surface area contributed by atoms with Crippen LogP contribution in [0.3, 0.4) is 0 Å². The van der Waals surface area contributed by atoms with E-state index in [1.807, 2.05) is 48.7 Å². The number of carboxylic acids is 1. The third-order valence-electron chi connectivity index (χ3n) is 7.88. The molecule has 3 aromatic carbocycles. The van der Waals surface area contributed by atoms with Crippen LogP contribution >= 0.6 is 0 Å². The van der Waals surface area contributed by atoms with Gasteiger partial charge in [-0.2, -0.15) is 0 Å². The number of carboxylic acid groups (broad SMARTS) is 1. The molecule has 0 bridgehead atoms. The Labute approximate surface area is 308 Å². The minimum absolute atomic E-state index is 0. The molecule has 0 unspecified atom stereocenters. The second-order valence-corrected chi connectivity index (χ2v) is 12.4. The van der Waals surface area contributed by atoms with Crippen molar-refractivity contribution < 1.29 is 68.4 Å². The van der Waals surface area contributed by atoms with Gasteiger partial charge in [-0.1, -0.05) is 54.6 Å². The van der Waals surface area contributed by atoms with Gasteiger partial charge in [0.05, 0.1) is 23.9 Å². The second-order valence-electron chi connectivity index (χ2n) is 12.4. The number of hydrogen-bond donors (Lipinski definition) is 3. The summed E-state index contributed by atoms with van der Waals surface area (Å²) in [4.78, 5) is 37.5. The van der Waals surface area contributed by atoms with Crippen LogP contribution in [0, 0.1) is 5.82 Å². The van der Waals surface area contributed by atoms with Gasteiger partial charge in [-0.25, -0.2) is 9.18 Å². The van der Waals surface area contributed by atoms with E-state index in [9.17, 15) is 34.1 Å². The fourth-order valence-corrected chi connectivity index (χ4v) is 5.81. The van der Waals surface area contributed by atoms with Crippen LogP contribution in [0.2, 0.25) is 0 Å². The number of aliphatic hydroxyl groups is 2. The molecule has 9 nitrogen and oxygen atoms in total. The molecule has 0 fully saturated rings. The molecule has 49 heavy (non-hydrogen) atoms. The quantitative estimate of drug-likeness (QED) is 0.129. The van der Waals surface area contributed by atoms with E-state index in [1.54, 1.807) is 50.2 Å². The van der Waals surface area contributed by atoms with Gasteiger partial charge in [0.25, 0.3) is 5.91 Å². The fourth-order valence-electron chi connectivity index (χ4n) is 5.81. The molecule has 0 aliphatic rings. The number of nitrogens with one attached hydrogen (secondary N) is 1. The number of halogens is 1. The number of benzene rings is 3. The Bertz CT molecular complexity index is 1700. The van der Waals surface area contributed by atoms with Gasteiger partial charge in [0.2, 0.25) is 0 Å². The van der Waals surface area contributed by atoms with Crippen molar-refractivity contribution >= 4 is 17.8 Å². The molecule has 11 heteroatoms. The molecular formula is C38H42FN2NaO7. The van der Waals surface area contributed by atoms with E-state index in [1.165, 1.54) is 12.1 Å². The molecule has 4 aromatic rings. The maximum atomic E-state index is 14.3. The average molecular weight is 681 g/mol. The Balaban J connectivity index is 0.00000650. The van der Waals surface area contributed by atoms with Gasteiger partial charge >= 0.3 is 35.5 Å². The average Bonchev–Trinajstić information content (AvgIpc) is 3.38. The van der Waals surface area contributed by atoms with Gasteiger partial charge in [0, 0.05) is 41.8 Å². The van der Waals surface area contributed by atoms with Gasteiger partial charge in [-0.15, -0.1) is 0 Å². The predicted octanol–water partition coefficient (Wildman–Crippen LogP) is 2.23. The number of ether oxygens (including phenoxy) is 1. The Morgan fingerprint density at radius 1 is 0.857 bits per heavy atom.